The molecule has 0 radical (unpaired) electrons. The molecule has 34 heavy (non-hydrogen) atoms. The molecule has 3 aromatic rings. The van der Waals surface area contributed by atoms with E-state index in [1.165, 1.54) is 4.90 Å². The summed E-state index contributed by atoms with van der Waals surface area (Å²) in [5.41, 5.74) is 3.98. The van der Waals surface area contributed by atoms with E-state index in [9.17, 15) is 9.59 Å². The van der Waals surface area contributed by atoms with Gasteiger partial charge < -0.3 is 18.8 Å². The first-order chi connectivity index (χ1) is 16.4. The Morgan fingerprint density at radius 3 is 2.44 bits per heavy atom. The number of benzene rings is 2. The lowest BCUT2D eigenvalue weighted by Gasteiger charge is -2.29. The third-order valence-corrected chi connectivity index (χ3v) is 6.10. The molecule has 1 N–H and O–H groups in total. The summed E-state index contributed by atoms with van der Waals surface area (Å²) < 4.78 is 18.1. The maximum atomic E-state index is 13.3. The highest BCUT2D eigenvalue weighted by molar-refractivity contribution is 7.80. The molecule has 2 aromatic carbocycles. The SMILES string of the molecule is COc1ccc(N2C(=O)C(=Cc3cc(C)n(-c4ccc5c(c4)OCO5)c3C)C(=O)NC2=S)cc1. The number of amides is 2. The van der Waals surface area contributed by atoms with E-state index in [2.05, 4.69) is 5.32 Å². The number of nitrogens with zero attached hydrogens (tertiary/aromatic N) is 2. The third kappa shape index (κ3) is 3.60. The number of thiocarbonyl (C=S) groups is 1. The van der Waals surface area contributed by atoms with Crippen LogP contribution in [0, 0.1) is 13.8 Å². The first-order valence-electron chi connectivity index (χ1n) is 10.5. The van der Waals surface area contributed by atoms with Crippen LogP contribution in [0.1, 0.15) is 17.0 Å². The summed E-state index contributed by atoms with van der Waals surface area (Å²) in [6, 6.07) is 14.5. The van der Waals surface area contributed by atoms with Crippen LogP contribution in [-0.4, -0.2) is 35.4 Å². The molecule has 2 aliphatic heterocycles. The van der Waals surface area contributed by atoms with Crippen LogP contribution in [0.4, 0.5) is 5.69 Å². The van der Waals surface area contributed by atoms with Gasteiger partial charge in [-0.05, 0) is 80.2 Å². The minimum absolute atomic E-state index is 0.00430. The molecule has 9 heteroatoms. The number of aromatic nitrogens is 1. The summed E-state index contributed by atoms with van der Waals surface area (Å²) in [4.78, 5) is 27.4. The molecule has 0 atom stereocenters. The monoisotopic (exact) mass is 475 g/mol. The number of carbonyl (C=O) groups excluding carboxylic acids is 2. The van der Waals surface area contributed by atoms with Crippen molar-refractivity contribution in [1.29, 1.82) is 0 Å². The van der Waals surface area contributed by atoms with Crippen molar-refractivity contribution >= 4 is 40.9 Å². The number of anilines is 1. The van der Waals surface area contributed by atoms with Crippen molar-refractivity contribution in [2.45, 2.75) is 13.8 Å². The van der Waals surface area contributed by atoms with Gasteiger partial charge in [-0.3, -0.25) is 19.8 Å². The second-order valence-corrected chi connectivity index (χ2v) is 8.24. The van der Waals surface area contributed by atoms with Crippen LogP contribution < -0.4 is 24.4 Å². The Morgan fingerprint density at radius 2 is 1.71 bits per heavy atom. The van der Waals surface area contributed by atoms with E-state index in [1.54, 1.807) is 37.5 Å². The Morgan fingerprint density at radius 1 is 1.00 bits per heavy atom. The molecule has 1 fully saturated rings. The number of nitrogens with one attached hydrogen (secondary N) is 1. The van der Waals surface area contributed by atoms with Gasteiger partial charge in [-0.2, -0.15) is 0 Å². The van der Waals surface area contributed by atoms with Crippen LogP contribution in [0.2, 0.25) is 0 Å². The van der Waals surface area contributed by atoms with Gasteiger partial charge in [0.15, 0.2) is 16.6 Å². The van der Waals surface area contributed by atoms with Crippen LogP contribution in [-0.2, 0) is 9.59 Å². The minimum atomic E-state index is -0.535. The molecule has 0 saturated carbocycles. The van der Waals surface area contributed by atoms with Gasteiger partial charge in [0.1, 0.15) is 11.3 Å². The highest BCUT2D eigenvalue weighted by atomic mass is 32.1. The first kappa shape index (κ1) is 21.7. The number of fused-ring (bicyclic) bond motifs is 1. The molecule has 0 spiro atoms. The van der Waals surface area contributed by atoms with E-state index in [-0.39, 0.29) is 17.5 Å². The molecular weight excluding hydrogens is 454 g/mol. The lowest BCUT2D eigenvalue weighted by Crippen LogP contribution is -2.54. The van der Waals surface area contributed by atoms with E-state index in [0.29, 0.717) is 22.9 Å². The normalized spacial score (nSPS) is 16.3. The largest absolute Gasteiger partial charge is 0.497 e. The lowest BCUT2D eigenvalue weighted by molar-refractivity contribution is -0.122. The third-order valence-electron chi connectivity index (χ3n) is 5.82. The summed E-state index contributed by atoms with van der Waals surface area (Å²) >= 11 is 5.28. The molecule has 0 bridgehead atoms. The fourth-order valence-corrected chi connectivity index (χ4v) is 4.42. The molecule has 0 aliphatic carbocycles. The number of carbonyl (C=O) groups is 2. The molecule has 3 heterocycles. The summed E-state index contributed by atoms with van der Waals surface area (Å²) in [7, 11) is 1.56. The predicted octanol–water partition coefficient (Wildman–Crippen LogP) is 3.66. The van der Waals surface area contributed by atoms with Crippen LogP contribution in [0.5, 0.6) is 17.2 Å². The molecule has 1 aromatic heterocycles. The van der Waals surface area contributed by atoms with Crippen molar-refractivity contribution in [1.82, 2.24) is 9.88 Å². The van der Waals surface area contributed by atoms with Crippen molar-refractivity contribution in [3.8, 4) is 22.9 Å². The van der Waals surface area contributed by atoms with Gasteiger partial charge in [-0.15, -0.1) is 0 Å². The maximum absolute atomic E-state index is 13.3. The van der Waals surface area contributed by atoms with E-state index >= 15 is 0 Å². The number of aryl methyl sites for hydroxylation is 1. The van der Waals surface area contributed by atoms with E-state index in [4.69, 9.17) is 26.4 Å². The van der Waals surface area contributed by atoms with Crippen LogP contribution in [0.15, 0.2) is 54.1 Å². The van der Waals surface area contributed by atoms with Gasteiger partial charge in [0, 0.05) is 23.1 Å². The fraction of sp³-hybridized carbons (Fsp3) is 0.160. The lowest BCUT2D eigenvalue weighted by atomic mass is 10.1. The summed E-state index contributed by atoms with van der Waals surface area (Å²) in [6.07, 6.45) is 1.60. The molecule has 2 amide bonds. The zero-order chi connectivity index (χ0) is 24.0. The smallest absolute Gasteiger partial charge is 0.270 e. The Kier molecular flexibility index (Phi) is 5.33. The van der Waals surface area contributed by atoms with Gasteiger partial charge in [-0.25, -0.2) is 0 Å². The molecule has 0 unspecified atom stereocenters. The minimum Gasteiger partial charge on any atom is -0.497 e. The standard InChI is InChI=1S/C25H21N3O5S/c1-14-10-16(15(2)27(14)18-6-9-21-22(12-18)33-13-32-21)11-20-23(29)26-25(34)28(24(20)30)17-4-7-19(31-3)8-5-17/h4-12H,13H2,1-3H3,(H,26,29,34). The zero-order valence-corrected chi connectivity index (χ0v) is 19.6. The summed E-state index contributed by atoms with van der Waals surface area (Å²) in [5.74, 6) is 0.998. The Labute approximate surface area is 201 Å². The molecular formula is C25H21N3O5S. The highest BCUT2D eigenvalue weighted by Gasteiger charge is 2.34. The van der Waals surface area contributed by atoms with Gasteiger partial charge in [0.05, 0.1) is 12.8 Å². The summed E-state index contributed by atoms with van der Waals surface area (Å²) in [6.45, 7) is 4.09. The van der Waals surface area contributed by atoms with Crippen molar-refractivity contribution in [2.75, 3.05) is 18.8 Å². The number of rotatable bonds is 4. The van der Waals surface area contributed by atoms with Gasteiger partial charge in [-0.1, -0.05) is 0 Å². The molecule has 5 rings (SSSR count). The number of hydrogen-bond acceptors (Lipinski definition) is 6. The average molecular weight is 476 g/mol. The summed E-state index contributed by atoms with van der Waals surface area (Å²) in [5, 5.41) is 2.65. The zero-order valence-electron chi connectivity index (χ0n) is 18.7. The van der Waals surface area contributed by atoms with Crippen molar-refractivity contribution in [3.05, 3.63) is 71.1 Å². The molecule has 1 saturated heterocycles. The van der Waals surface area contributed by atoms with E-state index in [0.717, 1.165) is 22.6 Å². The van der Waals surface area contributed by atoms with Gasteiger partial charge >= 0.3 is 0 Å². The van der Waals surface area contributed by atoms with E-state index in [1.807, 2.05) is 42.7 Å². The van der Waals surface area contributed by atoms with Crippen molar-refractivity contribution in [2.24, 2.45) is 0 Å². The van der Waals surface area contributed by atoms with Gasteiger partial charge in [0.2, 0.25) is 6.79 Å². The quantitative estimate of drug-likeness (QED) is 0.352. The average Bonchev–Trinajstić information content (AvgIpc) is 3.40. The molecule has 8 nitrogen and oxygen atoms in total. The van der Waals surface area contributed by atoms with E-state index < -0.39 is 11.8 Å². The van der Waals surface area contributed by atoms with Gasteiger partial charge in [0.25, 0.3) is 11.8 Å². The fourth-order valence-electron chi connectivity index (χ4n) is 4.13. The second-order valence-electron chi connectivity index (χ2n) is 7.86. The molecule has 172 valence electrons. The number of hydrogen-bond donors (Lipinski definition) is 1. The number of methoxy groups -OCH3 is 1. The van der Waals surface area contributed by atoms with Crippen LogP contribution >= 0.6 is 12.2 Å². The highest BCUT2D eigenvalue weighted by Crippen LogP contribution is 2.35. The predicted molar refractivity (Wildman–Crippen MR) is 131 cm³/mol. The second kappa shape index (κ2) is 8.35. The Bertz CT molecular complexity index is 1370. The van der Waals surface area contributed by atoms with Crippen LogP contribution in [0.3, 0.4) is 0 Å². The number of ether oxygens (including phenoxy) is 3. The topological polar surface area (TPSA) is 82.0 Å². The van der Waals surface area contributed by atoms with Crippen molar-refractivity contribution in [3.63, 3.8) is 0 Å². The Balaban J connectivity index is 1.52. The maximum Gasteiger partial charge on any atom is 0.270 e. The molecule has 2 aliphatic rings. The van der Waals surface area contributed by atoms with Crippen molar-refractivity contribution < 1.29 is 23.8 Å². The Hall–Kier alpha value is -4.11. The van der Waals surface area contributed by atoms with Crippen LogP contribution in [0.25, 0.3) is 11.8 Å². The first-order valence-corrected chi connectivity index (χ1v) is 10.9.